The van der Waals surface area contributed by atoms with Crippen LogP contribution in [0.25, 0.3) is 0 Å². The number of carbonyl (C=O) groups is 2. The summed E-state index contributed by atoms with van der Waals surface area (Å²) < 4.78 is 5.60. The van der Waals surface area contributed by atoms with Gasteiger partial charge in [-0.15, -0.1) is 11.6 Å². The predicted octanol–water partition coefficient (Wildman–Crippen LogP) is 3.40. The van der Waals surface area contributed by atoms with Crippen LogP contribution < -0.4 is 15.5 Å². The maximum absolute atomic E-state index is 13.0. The van der Waals surface area contributed by atoms with Crippen molar-refractivity contribution in [1.29, 1.82) is 0 Å². The van der Waals surface area contributed by atoms with Crippen molar-refractivity contribution in [2.75, 3.05) is 36.5 Å². The SMILES string of the molecule is CC1CCN(c2ccc(NC(=O)C(C)Cl)cc2C(=O)NCC2CCCO2)CC1. The first kappa shape index (κ1) is 20.9. The second-order valence-corrected chi connectivity index (χ2v) is 8.51. The summed E-state index contributed by atoms with van der Waals surface area (Å²) in [7, 11) is 0. The summed E-state index contributed by atoms with van der Waals surface area (Å²) in [5, 5.41) is 5.14. The second kappa shape index (κ2) is 9.61. The Morgan fingerprint density at radius 1 is 1.29 bits per heavy atom. The van der Waals surface area contributed by atoms with E-state index in [0.717, 1.165) is 51.1 Å². The fraction of sp³-hybridized carbons (Fsp3) is 0.619. The van der Waals surface area contributed by atoms with E-state index >= 15 is 0 Å². The van der Waals surface area contributed by atoms with Gasteiger partial charge in [-0.1, -0.05) is 6.92 Å². The first-order valence-corrected chi connectivity index (χ1v) is 10.6. The molecule has 7 heteroatoms. The Kier molecular flexibility index (Phi) is 7.18. The monoisotopic (exact) mass is 407 g/mol. The predicted molar refractivity (Wildman–Crippen MR) is 112 cm³/mol. The molecule has 2 aliphatic heterocycles. The van der Waals surface area contributed by atoms with Crippen molar-refractivity contribution in [2.24, 2.45) is 5.92 Å². The highest BCUT2D eigenvalue weighted by atomic mass is 35.5. The third-order valence-electron chi connectivity index (χ3n) is 5.51. The normalized spacial score (nSPS) is 21.4. The second-order valence-electron chi connectivity index (χ2n) is 7.85. The van der Waals surface area contributed by atoms with Crippen LogP contribution in [0.3, 0.4) is 0 Å². The molecule has 0 saturated carbocycles. The van der Waals surface area contributed by atoms with E-state index in [1.807, 2.05) is 12.1 Å². The molecule has 2 N–H and O–H groups in total. The van der Waals surface area contributed by atoms with Crippen LogP contribution in [0.1, 0.15) is 49.9 Å². The van der Waals surface area contributed by atoms with Crippen LogP contribution in [0.2, 0.25) is 0 Å². The van der Waals surface area contributed by atoms with E-state index in [1.54, 1.807) is 13.0 Å². The zero-order valence-electron chi connectivity index (χ0n) is 16.7. The number of hydrogen-bond donors (Lipinski definition) is 2. The molecule has 3 rings (SSSR count). The standard InChI is InChI=1S/C21H30ClN3O3/c1-14-7-9-25(10-8-14)19-6-5-16(24-20(26)15(2)22)12-18(19)21(27)23-13-17-4-3-11-28-17/h5-6,12,14-15,17H,3-4,7-11,13H2,1-2H3,(H,23,27)(H,24,26). The van der Waals surface area contributed by atoms with Gasteiger partial charge in [-0.25, -0.2) is 0 Å². The third kappa shape index (κ3) is 5.39. The average Bonchev–Trinajstić information content (AvgIpc) is 3.20. The zero-order valence-corrected chi connectivity index (χ0v) is 17.4. The molecule has 2 fully saturated rings. The number of piperidine rings is 1. The highest BCUT2D eigenvalue weighted by molar-refractivity contribution is 6.32. The highest BCUT2D eigenvalue weighted by Crippen LogP contribution is 2.29. The van der Waals surface area contributed by atoms with Crippen molar-refractivity contribution in [3.8, 4) is 0 Å². The number of amides is 2. The lowest BCUT2D eigenvalue weighted by Crippen LogP contribution is -2.36. The molecule has 2 saturated heterocycles. The molecule has 28 heavy (non-hydrogen) atoms. The van der Waals surface area contributed by atoms with Crippen molar-refractivity contribution in [1.82, 2.24) is 5.32 Å². The van der Waals surface area contributed by atoms with E-state index in [1.165, 1.54) is 0 Å². The Hall–Kier alpha value is -1.79. The molecule has 0 radical (unpaired) electrons. The summed E-state index contributed by atoms with van der Waals surface area (Å²) in [5.41, 5.74) is 2.06. The number of nitrogens with one attached hydrogen (secondary N) is 2. The van der Waals surface area contributed by atoms with E-state index in [4.69, 9.17) is 16.3 Å². The molecule has 6 nitrogen and oxygen atoms in total. The van der Waals surface area contributed by atoms with Crippen LogP contribution in [-0.2, 0) is 9.53 Å². The summed E-state index contributed by atoms with van der Waals surface area (Å²) in [5.74, 6) is 0.280. The van der Waals surface area contributed by atoms with Crippen molar-refractivity contribution in [2.45, 2.75) is 51.0 Å². The molecule has 2 unspecified atom stereocenters. The van der Waals surface area contributed by atoms with Gasteiger partial charge in [-0.2, -0.15) is 0 Å². The number of hydrogen-bond acceptors (Lipinski definition) is 4. The molecule has 1 aromatic carbocycles. The lowest BCUT2D eigenvalue weighted by molar-refractivity contribution is -0.115. The van der Waals surface area contributed by atoms with Gasteiger partial charge < -0.3 is 20.3 Å². The number of rotatable bonds is 6. The first-order chi connectivity index (χ1) is 13.4. The molecule has 154 valence electrons. The molecule has 2 heterocycles. The Morgan fingerprint density at radius 2 is 2.04 bits per heavy atom. The fourth-order valence-corrected chi connectivity index (χ4v) is 3.72. The number of benzene rings is 1. The van der Waals surface area contributed by atoms with Crippen LogP contribution in [0.4, 0.5) is 11.4 Å². The van der Waals surface area contributed by atoms with Gasteiger partial charge >= 0.3 is 0 Å². The summed E-state index contributed by atoms with van der Waals surface area (Å²) >= 11 is 5.86. The van der Waals surface area contributed by atoms with E-state index < -0.39 is 5.38 Å². The summed E-state index contributed by atoms with van der Waals surface area (Å²) in [6.45, 7) is 7.00. The Balaban J connectivity index is 1.78. The molecule has 0 aliphatic carbocycles. The Labute approximate surface area is 171 Å². The number of carbonyl (C=O) groups excluding carboxylic acids is 2. The van der Waals surface area contributed by atoms with Gasteiger partial charge in [0, 0.05) is 37.6 Å². The molecule has 0 bridgehead atoms. The van der Waals surface area contributed by atoms with Crippen molar-refractivity contribution in [3.63, 3.8) is 0 Å². The molecule has 0 aromatic heterocycles. The minimum atomic E-state index is -0.639. The van der Waals surface area contributed by atoms with Crippen LogP contribution >= 0.6 is 11.6 Å². The minimum absolute atomic E-state index is 0.0863. The number of anilines is 2. The molecule has 2 amide bonds. The maximum atomic E-state index is 13.0. The third-order valence-corrected chi connectivity index (χ3v) is 5.71. The summed E-state index contributed by atoms with van der Waals surface area (Å²) in [6, 6.07) is 5.50. The largest absolute Gasteiger partial charge is 0.376 e. The number of ether oxygens (including phenoxy) is 1. The van der Waals surface area contributed by atoms with E-state index in [-0.39, 0.29) is 17.9 Å². The zero-order chi connectivity index (χ0) is 20.1. The van der Waals surface area contributed by atoms with Gasteiger partial charge in [0.1, 0.15) is 5.38 Å². The van der Waals surface area contributed by atoms with Crippen LogP contribution in [-0.4, -0.2) is 49.5 Å². The van der Waals surface area contributed by atoms with Gasteiger partial charge in [0.25, 0.3) is 5.91 Å². The maximum Gasteiger partial charge on any atom is 0.253 e. The topological polar surface area (TPSA) is 70.7 Å². The van der Waals surface area contributed by atoms with E-state index in [2.05, 4.69) is 22.5 Å². The minimum Gasteiger partial charge on any atom is -0.376 e. The Morgan fingerprint density at radius 3 is 2.68 bits per heavy atom. The smallest absolute Gasteiger partial charge is 0.253 e. The lowest BCUT2D eigenvalue weighted by atomic mass is 9.97. The average molecular weight is 408 g/mol. The lowest BCUT2D eigenvalue weighted by Gasteiger charge is -2.33. The van der Waals surface area contributed by atoms with Gasteiger partial charge in [-0.05, 0) is 56.7 Å². The number of alkyl halides is 1. The van der Waals surface area contributed by atoms with Gasteiger partial charge in [-0.3, -0.25) is 9.59 Å². The molecule has 2 aliphatic rings. The first-order valence-electron chi connectivity index (χ1n) is 10.2. The van der Waals surface area contributed by atoms with Crippen molar-refractivity contribution >= 4 is 34.8 Å². The molecule has 0 spiro atoms. The van der Waals surface area contributed by atoms with Crippen molar-refractivity contribution < 1.29 is 14.3 Å². The van der Waals surface area contributed by atoms with Crippen LogP contribution in [0.15, 0.2) is 18.2 Å². The van der Waals surface area contributed by atoms with Crippen molar-refractivity contribution in [3.05, 3.63) is 23.8 Å². The highest BCUT2D eigenvalue weighted by Gasteiger charge is 2.23. The fourth-order valence-electron chi connectivity index (χ4n) is 3.67. The van der Waals surface area contributed by atoms with Crippen LogP contribution in [0, 0.1) is 5.92 Å². The number of nitrogens with zero attached hydrogens (tertiary/aromatic N) is 1. The van der Waals surface area contributed by atoms with E-state index in [0.29, 0.717) is 23.7 Å². The Bertz CT molecular complexity index is 696. The molecular weight excluding hydrogens is 378 g/mol. The van der Waals surface area contributed by atoms with Gasteiger partial charge in [0.2, 0.25) is 5.91 Å². The molecular formula is C21H30ClN3O3. The van der Waals surface area contributed by atoms with Crippen LogP contribution in [0.5, 0.6) is 0 Å². The number of halogens is 1. The summed E-state index contributed by atoms with van der Waals surface area (Å²) in [4.78, 5) is 27.2. The van der Waals surface area contributed by atoms with E-state index in [9.17, 15) is 9.59 Å². The van der Waals surface area contributed by atoms with Gasteiger partial charge in [0.05, 0.1) is 11.7 Å². The quantitative estimate of drug-likeness (QED) is 0.709. The molecule has 1 aromatic rings. The molecule has 2 atom stereocenters. The van der Waals surface area contributed by atoms with Gasteiger partial charge in [0.15, 0.2) is 0 Å². The summed E-state index contributed by atoms with van der Waals surface area (Å²) in [6.07, 6.45) is 4.32.